The molecule has 112 valence electrons. The van der Waals surface area contributed by atoms with Crippen molar-refractivity contribution in [1.29, 1.82) is 0 Å². The second-order valence-electron chi connectivity index (χ2n) is 5.26. The number of aliphatic hydroxyl groups is 1. The Labute approximate surface area is 126 Å². The van der Waals surface area contributed by atoms with Crippen LogP contribution in [0.2, 0.25) is 0 Å². The van der Waals surface area contributed by atoms with Crippen molar-refractivity contribution in [2.24, 2.45) is 0 Å². The van der Waals surface area contributed by atoms with Gasteiger partial charge in [0.05, 0.1) is 23.6 Å². The summed E-state index contributed by atoms with van der Waals surface area (Å²) in [5.74, 6) is 0. The van der Waals surface area contributed by atoms with E-state index in [-0.39, 0.29) is 6.54 Å². The third-order valence-electron chi connectivity index (χ3n) is 3.79. The van der Waals surface area contributed by atoms with Crippen LogP contribution < -0.4 is 11.2 Å². The van der Waals surface area contributed by atoms with Gasteiger partial charge in [-0.3, -0.25) is 9.36 Å². The quantitative estimate of drug-likeness (QED) is 0.773. The number of hydrogen-bond acceptors (Lipinski definition) is 3. The summed E-state index contributed by atoms with van der Waals surface area (Å²) in [5, 5.41) is 10.8. The molecule has 0 fully saturated rings. The van der Waals surface area contributed by atoms with E-state index in [1.807, 2.05) is 25.1 Å². The molecule has 0 amide bonds. The Morgan fingerprint density at radius 1 is 1.09 bits per heavy atom. The van der Waals surface area contributed by atoms with E-state index in [1.54, 1.807) is 30.3 Å². The highest BCUT2D eigenvalue weighted by atomic mass is 16.3. The summed E-state index contributed by atoms with van der Waals surface area (Å²) in [4.78, 5) is 27.2. The molecule has 0 saturated heterocycles. The predicted molar refractivity (Wildman–Crippen MR) is 85.0 cm³/mol. The molecule has 0 radical (unpaired) electrons. The van der Waals surface area contributed by atoms with Gasteiger partial charge in [0.1, 0.15) is 0 Å². The van der Waals surface area contributed by atoms with E-state index < -0.39 is 17.4 Å². The molecule has 22 heavy (non-hydrogen) atoms. The first-order valence-corrected chi connectivity index (χ1v) is 7.03. The van der Waals surface area contributed by atoms with Crippen LogP contribution in [0.15, 0.2) is 58.1 Å². The molecule has 5 heteroatoms. The van der Waals surface area contributed by atoms with Gasteiger partial charge in [-0.2, -0.15) is 0 Å². The third-order valence-corrected chi connectivity index (χ3v) is 3.79. The van der Waals surface area contributed by atoms with E-state index in [1.165, 1.54) is 0 Å². The molecule has 0 aliphatic heterocycles. The SMILES string of the molecule is Cc1ccccc1C(O)Cn1c(=O)[nH]c2ccccc2c1=O. The predicted octanol–water partition coefficient (Wildman–Crippen LogP) is 1.73. The van der Waals surface area contributed by atoms with Gasteiger partial charge in [0, 0.05) is 0 Å². The summed E-state index contributed by atoms with van der Waals surface area (Å²) in [6, 6.07) is 14.2. The number of aliphatic hydroxyl groups excluding tert-OH is 1. The van der Waals surface area contributed by atoms with Gasteiger partial charge in [0.2, 0.25) is 0 Å². The van der Waals surface area contributed by atoms with Gasteiger partial charge in [0.15, 0.2) is 0 Å². The van der Waals surface area contributed by atoms with Crippen LogP contribution in [0, 0.1) is 6.92 Å². The van der Waals surface area contributed by atoms with E-state index in [9.17, 15) is 14.7 Å². The minimum Gasteiger partial charge on any atom is -0.387 e. The lowest BCUT2D eigenvalue weighted by Gasteiger charge is -2.15. The van der Waals surface area contributed by atoms with Crippen molar-refractivity contribution in [2.45, 2.75) is 19.6 Å². The molecular weight excluding hydrogens is 280 g/mol. The summed E-state index contributed by atoms with van der Waals surface area (Å²) in [6.07, 6.45) is -0.916. The minimum absolute atomic E-state index is 0.0795. The third kappa shape index (κ3) is 2.46. The molecule has 1 unspecified atom stereocenters. The number of aromatic amines is 1. The molecule has 0 saturated carbocycles. The number of hydrogen-bond donors (Lipinski definition) is 2. The van der Waals surface area contributed by atoms with Crippen molar-refractivity contribution in [3.63, 3.8) is 0 Å². The molecule has 2 N–H and O–H groups in total. The molecule has 1 aromatic heterocycles. The van der Waals surface area contributed by atoms with E-state index in [2.05, 4.69) is 4.98 Å². The topological polar surface area (TPSA) is 75.1 Å². The molecule has 0 aliphatic rings. The van der Waals surface area contributed by atoms with Crippen molar-refractivity contribution < 1.29 is 5.11 Å². The maximum absolute atomic E-state index is 12.4. The molecule has 0 spiro atoms. The number of aryl methyl sites for hydroxylation is 1. The second-order valence-corrected chi connectivity index (χ2v) is 5.26. The Balaban J connectivity index is 2.06. The minimum atomic E-state index is -0.916. The molecule has 5 nitrogen and oxygen atoms in total. The Kier molecular flexibility index (Phi) is 3.65. The number of nitrogens with one attached hydrogen (secondary N) is 1. The monoisotopic (exact) mass is 296 g/mol. The van der Waals surface area contributed by atoms with Crippen LogP contribution in [-0.4, -0.2) is 14.7 Å². The average molecular weight is 296 g/mol. The van der Waals surface area contributed by atoms with Gasteiger partial charge in [0.25, 0.3) is 5.56 Å². The molecule has 1 heterocycles. The van der Waals surface area contributed by atoms with E-state index in [0.717, 1.165) is 10.1 Å². The lowest BCUT2D eigenvalue weighted by atomic mass is 10.0. The zero-order chi connectivity index (χ0) is 15.7. The van der Waals surface area contributed by atoms with Gasteiger partial charge in [-0.1, -0.05) is 36.4 Å². The maximum atomic E-state index is 12.4. The largest absolute Gasteiger partial charge is 0.387 e. The van der Waals surface area contributed by atoms with Crippen LogP contribution in [0.3, 0.4) is 0 Å². The number of aromatic nitrogens is 2. The van der Waals surface area contributed by atoms with E-state index in [4.69, 9.17) is 0 Å². The summed E-state index contributed by atoms with van der Waals surface area (Å²) in [6.45, 7) is 1.80. The molecular formula is C17H16N2O3. The number of benzene rings is 2. The number of H-pyrrole nitrogens is 1. The van der Waals surface area contributed by atoms with Crippen LogP contribution in [-0.2, 0) is 6.54 Å². The molecule has 3 aromatic rings. The van der Waals surface area contributed by atoms with Crippen molar-refractivity contribution >= 4 is 10.9 Å². The normalized spacial score (nSPS) is 12.5. The standard InChI is InChI=1S/C17H16N2O3/c1-11-6-2-3-7-12(11)15(20)10-19-16(21)13-8-4-5-9-14(13)18-17(19)22/h2-9,15,20H,10H2,1H3,(H,18,22). The number of nitrogens with zero attached hydrogens (tertiary/aromatic N) is 1. The second kappa shape index (κ2) is 5.61. The van der Waals surface area contributed by atoms with Crippen LogP contribution >= 0.6 is 0 Å². The zero-order valence-electron chi connectivity index (χ0n) is 12.1. The Morgan fingerprint density at radius 3 is 2.55 bits per heavy atom. The van der Waals surface area contributed by atoms with Gasteiger partial charge in [-0.25, -0.2) is 4.79 Å². The Hall–Kier alpha value is -2.66. The Bertz CT molecular complexity index is 940. The molecule has 1 atom stereocenters. The van der Waals surface area contributed by atoms with Gasteiger partial charge >= 0.3 is 5.69 Å². The van der Waals surface area contributed by atoms with Crippen molar-refractivity contribution in [3.8, 4) is 0 Å². The highest BCUT2D eigenvalue weighted by Gasteiger charge is 2.14. The fourth-order valence-electron chi connectivity index (χ4n) is 2.60. The van der Waals surface area contributed by atoms with Crippen molar-refractivity contribution in [3.05, 3.63) is 80.5 Å². The fraction of sp³-hybridized carbons (Fsp3) is 0.176. The maximum Gasteiger partial charge on any atom is 0.328 e. The zero-order valence-corrected chi connectivity index (χ0v) is 12.1. The lowest BCUT2D eigenvalue weighted by molar-refractivity contribution is 0.153. The van der Waals surface area contributed by atoms with Gasteiger partial charge in [-0.05, 0) is 30.2 Å². The van der Waals surface area contributed by atoms with Crippen LogP contribution in [0.5, 0.6) is 0 Å². The van der Waals surface area contributed by atoms with Crippen LogP contribution in [0.25, 0.3) is 10.9 Å². The van der Waals surface area contributed by atoms with Crippen LogP contribution in [0.1, 0.15) is 17.2 Å². The molecule has 2 aromatic carbocycles. The first kappa shape index (κ1) is 14.3. The van der Waals surface area contributed by atoms with Gasteiger partial charge < -0.3 is 10.1 Å². The molecule has 0 aliphatic carbocycles. The lowest BCUT2D eigenvalue weighted by Crippen LogP contribution is -2.36. The highest BCUT2D eigenvalue weighted by Crippen LogP contribution is 2.18. The van der Waals surface area contributed by atoms with E-state index >= 15 is 0 Å². The smallest absolute Gasteiger partial charge is 0.328 e. The number of fused-ring (bicyclic) bond motifs is 1. The Morgan fingerprint density at radius 2 is 1.77 bits per heavy atom. The summed E-state index contributed by atoms with van der Waals surface area (Å²) < 4.78 is 1.04. The molecule has 3 rings (SSSR count). The highest BCUT2D eigenvalue weighted by molar-refractivity contribution is 5.76. The summed E-state index contributed by atoms with van der Waals surface area (Å²) >= 11 is 0. The molecule has 0 bridgehead atoms. The van der Waals surface area contributed by atoms with Crippen molar-refractivity contribution in [1.82, 2.24) is 9.55 Å². The van der Waals surface area contributed by atoms with Crippen LogP contribution in [0.4, 0.5) is 0 Å². The fourth-order valence-corrected chi connectivity index (χ4v) is 2.60. The first-order chi connectivity index (χ1) is 10.6. The number of rotatable bonds is 3. The first-order valence-electron chi connectivity index (χ1n) is 7.03. The van der Waals surface area contributed by atoms with Crippen molar-refractivity contribution in [2.75, 3.05) is 0 Å². The average Bonchev–Trinajstić information content (AvgIpc) is 2.51. The van der Waals surface area contributed by atoms with Gasteiger partial charge in [-0.15, -0.1) is 0 Å². The number of para-hydroxylation sites is 1. The summed E-state index contributed by atoms with van der Waals surface area (Å²) in [7, 11) is 0. The van der Waals surface area contributed by atoms with E-state index in [0.29, 0.717) is 16.5 Å². The summed E-state index contributed by atoms with van der Waals surface area (Å²) in [5.41, 5.74) is 1.21.